The second-order valence-corrected chi connectivity index (χ2v) is 6.59. The van der Waals surface area contributed by atoms with Crippen molar-refractivity contribution in [2.24, 2.45) is 0 Å². The summed E-state index contributed by atoms with van der Waals surface area (Å²) in [5.74, 6) is -0.678. The number of fused-ring (bicyclic) bond motifs is 2. The molecule has 1 aliphatic carbocycles. The van der Waals surface area contributed by atoms with Gasteiger partial charge in [-0.25, -0.2) is 9.18 Å². The number of halogens is 1. The van der Waals surface area contributed by atoms with Crippen LogP contribution < -0.4 is 4.74 Å². The molecule has 0 bridgehead atoms. The highest BCUT2D eigenvalue weighted by molar-refractivity contribution is 5.92. The monoisotopic (exact) mass is 358 g/mol. The lowest BCUT2D eigenvalue weighted by Crippen LogP contribution is -2.15. The van der Waals surface area contributed by atoms with E-state index in [-0.39, 0.29) is 31.3 Å². The first-order valence-electron chi connectivity index (χ1n) is 8.65. The van der Waals surface area contributed by atoms with Crippen molar-refractivity contribution < 1.29 is 28.5 Å². The third kappa shape index (κ3) is 3.24. The third-order valence-electron chi connectivity index (χ3n) is 4.79. The molecule has 5 nitrogen and oxygen atoms in total. The average molecular weight is 358 g/mol. The first kappa shape index (κ1) is 16.8. The van der Waals surface area contributed by atoms with Gasteiger partial charge in [-0.05, 0) is 61.1 Å². The maximum atomic E-state index is 13.8. The number of carbonyl (C=O) groups excluding carboxylic acids is 1. The summed E-state index contributed by atoms with van der Waals surface area (Å²) in [5, 5.41) is 10.2. The van der Waals surface area contributed by atoms with Gasteiger partial charge in [-0.3, -0.25) is 0 Å². The number of phenolic OH excluding ortho intramolecular Hbond substituents is 1. The first-order valence-corrected chi connectivity index (χ1v) is 8.65. The standard InChI is InChI=1S/C20H19FO5/c21-16-5-14-9-24-11-26-19(14)15(6-16)10-25-20(23)17-7-12-3-1-2-4-13(12)8-18(17)22/h5-8,22H,1-4,9-11H2. The quantitative estimate of drug-likeness (QED) is 0.849. The number of phenols is 1. The van der Waals surface area contributed by atoms with Gasteiger partial charge in [0.1, 0.15) is 29.5 Å². The molecule has 2 aromatic rings. The van der Waals surface area contributed by atoms with Crippen LogP contribution in [0.2, 0.25) is 0 Å². The van der Waals surface area contributed by atoms with E-state index in [2.05, 4.69) is 0 Å². The summed E-state index contributed by atoms with van der Waals surface area (Å²) in [6, 6.07) is 5.98. The lowest BCUT2D eigenvalue weighted by Gasteiger charge is -2.21. The largest absolute Gasteiger partial charge is 0.507 e. The van der Waals surface area contributed by atoms with Crippen molar-refractivity contribution in [1.82, 2.24) is 0 Å². The molecule has 1 heterocycles. The number of ether oxygens (including phenoxy) is 3. The maximum Gasteiger partial charge on any atom is 0.342 e. The van der Waals surface area contributed by atoms with E-state index in [1.54, 1.807) is 12.1 Å². The van der Waals surface area contributed by atoms with E-state index < -0.39 is 11.8 Å². The van der Waals surface area contributed by atoms with Crippen LogP contribution in [0.15, 0.2) is 24.3 Å². The maximum absolute atomic E-state index is 13.8. The number of aryl methyl sites for hydroxylation is 2. The molecule has 0 saturated heterocycles. The average Bonchev–Trinajstić information content (AvgIpc) is 2.65. The molecule has 0 amide bonds. The van der Waals surface area contributed by atoms with Gasteiger partial charge in [0, 0.05) is 11.1 Å². The summed E-state index contributed by atoms with van der Waals surface area (Å²) in [5.41, 5.74) is 3.32. The van der Waals surface area contributed by atoms with Crippen LogP contribution >= 0.6 is 0 Å². The van der Waals surface area contributed by atoms with Gasteiger partial charge in [0.05, 0.1) is 6.61 Å². The molecule has 1 N–H and O–H groups in total. The molecule has 6 heteroatoms. The molecule has 0 spiro atoms. The number of aromatic hydroxyl groups is 1. The van der Waals surface area contributed by atoms with Gasteiger partial charge < -0.3 is 19.3 Å². The van der Waals surface area contributed by atoms with Crippen molar-refractivity contribution in [3.05, 3.63) is 57.9 Å². The van der Waals surface area contributed by atoms with Crippen LogP contribution in [-0.4, -0.2) is 17.9 Å². The summed E-state index contributed by atoms with van der Waals surface area (Å²) in [7, 11) is 0. The number of esters is 1. The minimum Gasteiger partial charge on any atom is -0.507 e. The Hall–Kier alpha value is -2.60. The number of hydrogen-bond acceptors (Lipinski definition) is 5. The Morgan fingerprint density at radius 1 is 1.12 bits per heavy atom. The molecule has 0 aromatic heterocycles. The highest BCUT2D eigenvalue weighted by atomic mass is 19.1. The second-order valence-electron chi connectivity index (χ2n) is 6.59. The van der Waals surface area contributed by atoms with Gasteiger partial charge in [-0.1, -0.05) is 0 Å². The van der Waals surface area contributed by atoms with Crippen LogP contribution in [0.4, 0.5) is 4.39 Å². The predicted octanol–water partition coefficient (Wildman–Crippen LogP) is 3.63. The lowest BCUT2D eigenvalue weighted by molar-refractivity contribution is -0.0183. The number of hydrogen-bond donors (Lipinski definition) is 1. The molecular formula is C20H19FO5. The highest BCUT2D eigenvalue weighted by Gasteiger charge is 2.21. The van der Waals surface area contributed by atoms with Gasteiger partial charge in [-0.2, -0.15) is 0 Å². The van der Waals surface area contributed by atoms with Crippen molar-refractivity contribution in [1.29, 1.82) is 0 Å². The molecule has 26 heavy (non-hydrogen) atoms. The predicted molar refractivity (Wildman–Crippen MR) is 90.6 cm³/mol. The SMILES string of the molecule is O=C(OCc1cc(F)cc2c1OCOC2)c1cc2c(cc1O)CCCC2. The molecule has 2 aliphatic rings. The smallest absolute Gasteiger partial charge is 0.342 e. The van der Waals surface area contributed by atoms with Crippen LogP contribution in [0.25, 0.3) is 0 Å². The van der Waals surface area contributed by atoms with E-state index in [9.17, 15) is 14.3 Å². The molecule has 0 atom stereocenters. The van der Waals surface area contributed by atoms with E-state index in [1.165, 1.54) is 12.1 Å². The molecule has 0 unspecified atom stereocenters. The number of benzene rings is 2. The Bertz CT molecular complexity index is 862. The van der Waals surface area contributed by atoms with E-state index >= 15 is 0 Å². The highest BCUT2D eigenvalue weighted by Crippen LogP contribution is 2.32. The Morgan fingerprint density at radius 3 is 2.69 bits per heavy atom. The van der Waals surface area contributed by atoms with Crippen LogP contribution in [0, 0.1) is 5.82 Å². The van der Waals surface area contributed by atoms with Gasteiger partial charge in [0.15, 0.2) is 6.79 Å². The topological polar surface area (TPSA) is 65.0 Å². The Balaban J connectivity index is 1.54. The first-order chi connectivity index (χ1) is 12.6. The normalized spacial score (nSPS) is 15.6. The van der Waals surface area contributed by atoms with Gasteiger partial charge >= 0.3 is 5.97 Å². The molecule has 0 radical (unpaired) electrons. The van der Waals surface area contributed by atoms with E-state index in [4.69, 9.17) is 14.2 Å². The Kier molecular flexibility index (Phi) is 4.51. The summed E-state index contributed by atoms with van der Waals surface area (Å²) in [6.07, 6.45) is 3.96. The van der Waals surface area contributed by atoms with Crippen LogP contribution in [-0.2, 0) is 35.5 Å². The van der Waals surface area contributed by atoms with Crippen molar-refractivity contribution in [2.75, 3.05) is 6.79 Å². The van der Waals surface area contributed by atoms with Crippen LogP contribution in [0.1, 0.15) is 45.5 Å². The van der Waals surface area contributed by atoms with Crippen molar-refractivity contribution >= 4 is 5.97 Å². The zero-order valence-electron chi connectivity index (χ0n) is 14.2. The molecule has 1 aliphatic heterocycles. The zero-order valence-corrected chi connectivity index (χ0v) is 14.2. The number of rotatable bonds is 3. The summed E-state index contributed by atoms with van der Waals surface area (Å²) in [4.78, 5) is 12.4. The molecule has 4 rings (SSSR count). The molecule has 136 valence electrons. The van der Waals surface area contributed by atoms with Crippen molar-refractivity contribution in [3.63, 3.8) is 0 Å². The molecule has 0 fully saturated rings. The van der Waals surface area contributed by atoms with Crippen LogP contribution in [0.3, 0.4) is 0 Å². The lowest BCUT2D eigenvalue weighted by atomic mass is 9.90. The molecular weight excluding hydrogens is 339 g/mol. The van der Waals surface area contributed by atoms with E-state index in [0.717, 1.165) is 36.8 Å². The van der Waals surface area contributed by atoms with Gasteiger partial charge in [0.25, 0.3) is 0 Å². The van der Waals surface area contributed by atoms with E-state index in [0.29, 0.717) is 16.9 Å². The fraction of sp³-hybridized carbons (Fsp3) is 0.350. The minimum absolute atomic E-state index is 0.0746. The third-order valence-corrected chi connectivity index (χ3v) is 4.79. The summed E-state index contributed by atoms with van der Waals surface area (Å²) >= 11 is 0. The molecule has 0 saturated carbocycles. The second kappa shape index (κ2) is 6.96. The van der Waals surface area contributed by atoms with Gasteiger partial charge in [0.2, 0.25) is 0 Å². The Morgan fingerprint density at radius 2 is 1.88 bits per heavy atom. The molecule has 2 aromatic carbocycles. The van der Waals surface area contributed by atoms with Crippen molar-refractivity contribution in [2.45, 2.75) is 38.9 Å². The van der Waals surface area contributed by atoms with Crippen LogP contribution in [0.5, 0.6) is 11.5 Å². The minimum atomic E-state index is -0.638. The fourth-order valence-electron chi connectivity index (χ4n) is 3.52. The fourth-order valence-corrected chi connectivity index (χ4v) is 3.52. The summed E-state index contributed by atoms with van der Waals surface area (Å²) < 4.78 is 29.6. The van der Waals surface area contributed by atoms with E-state index in [1.807, 2.05) is 0 Å². The van der Waals surface area contributed by atoms with Crippen molar-refractivity contribution in [3.8, 4) is 11.5 Å². The Labute approximate surface area is 150 Å². The summed E-state index contributed by atoms with van der Waals surface area (Å²) in [6.45, 7) is 0.181. The zero-order chi connectivity index (χ0) is 18.1. The number of carbonyl (C=O) groups is 1. The van der Waals surface area contributed by atoms with Gasteiger partial charge in [-0.15, -0.1) is 0 Å².